The number of para-hydroxylation sites is 1. The number of nitrogens with one attached hydrogen (secondary N) is 1. The number of amides is 1. The highest BCUT2D eigenvalue weighted by atomic mass is 32.2. The number of carbonyl (C=O) groups excluding carboxylic acids is 1. The fraction of sp³-hybridized carbons (Fsp3) is 0. The largest absolute Gasteiger partial charge is 0.364 e. The lowest BCUT2D eigenvalue weighted by Gasteiger charge is -2.21. The van der Waals surface area contributed by atoms with E-state index < -0.39 is 16.2 Å². The van der Waals surface area contributed by atoms with E-state index in [4.69, 9.17) is 5.21 Å². The van der Waals surface area contributed by atoms with E-state index in [9.17, 15) is 17.8 Å². The van der Waals surface area contributed by atoms with Crippen molar-refractivity contribution in [3.8, 4) is 0 Å². The third-order valence-electron chi connectivity index (χ3n) is 3.71. The molecule has 0 aliphatic rings. The molecule has 0 spiro atoms. The molecule has 0 aliphatic heterocycles. The van der Waals surface area contributed by atoms with E-state index >= 15 is 0 Å². The Kier molecular flexibility index (Phi) is 5.17. The van der Waals surface area contributed by atoms with Crippen molar-refractivity contribution in [3.63, 3.8) is 0 Å². The van der Waals surface area contributed by atoms with Crippen LogP contribution in [0.3, 0.4) is 0 Å². The SMILES string of the molecule is O=C(/C=C/c1ccc(N(c2cnc3ccccc3c2)S(=O)(=O)O)cc1)NO. The molecular formula is C18H15N3O5S. The van der Waals surface area contributed by atoms with Crippen molar-refractivity contribution in [3.05, 3.63) is 72.4 Å². The Hall–Kier alpha value is -3.27. The molecular weight excluding hydrogens is 370 g/mol. The van der Waals surface area contributed by atoms with Crippen molar-refractivity contribution in [2.24, 2.45) is 0 Å². The van der Waals surface area contributed by atoms with Crippen LogP contribution < -0.4 is 9.79 Å². The van der Waals surface area contributed by atoms with Crippen molar-refractivity contribution < 1.29 is 23.0 Å². The smallest absolute Gasteiger partial charge is 0.288 e. The maximum absolute atomic E-state index is 12.0. The lowest BCUT2D eigenvalue weighted by atomic mass is 10.1. The molecule has 0 unspecified atom stereocenters. The van der Waals surface area contributed by atoms with Gasteiger partial charge in [-0.3, -0.25) is 19.5 Å². The number of carbonyl (C=O) groups is 1. The maximum Gasteiger partial charge on any atom is 0.364 e. The van der Waals surface area contributed by atoms with Crippen LogP contribution in [0.2, 0.25) is 0 Å². The first kappa shape index (κ1) is 18.5. The standard InChI is InChI=1S/C18H15N3O5S/c22-18(20-23)10-7-13-5-8-15(9-6-13)21(27(24,25)26)16-11-14-3-1-2-4-17(14)19-12-16/h1-12,23H,(H,20,22)(H,24,25,26)/b10-7+. The molecule has 2 aromatic carbocycles. The Morgan fingerprint density at radius 1 is 1.07 bits per heavy atom. The summed E-state index contributed by atoms with van der Waals surface area (Å²) in [5.41, 5.74) is 3.13. The molecule has 3 aromatic rings. The molecule has 0 bridgehead atoms. The second-order valence-electron chi connectivity index (χ2n) is 5.53. The summed E-state index contributed by atoms with van der Waals surface area (Å²) in [7, 11) is -4.60. The molecule has 3 rings (SSSR count). The van der Waals surface area contributed by atoms with Crippen LogP contribution in [-0.2, 0) is 15.1 Å². The highest BCUT2D eigenvalue weighted by Gasteiger charge is 2.22. The first-order chi connectivity index (χ1) is 12.9. The van der Waals surface area contributed by atoms with Crippen molar-refractivity contribution >= 4 is 44.6 Å². The summed E-state index contributed by atoms with van der Waals surface area (Å²) in [5, 5.41) is 9.18. The number of pyridine rings is 1. The van der Waals surface area contributed by atoms with Crippen LogP contribution in [0.5, 0.6) is 0 Å². The Morgan fingerprint density at radius 2 is 1.78 bits per heavy atom. The Bertz CT molecular complexity index is 1110. The number of anilines is 2. The normalized spacial score (nSPS) is 11.6. The molecule has 27 heavy (non-hydrogen) atoms. The summed E-state index contributed by atoms with van der Waals surface area (Å²) in [6.45, 7) is 0. The van der Waals surface area contributed by atoms with Crippen LogP contribution >= 0.6 is 0 Å². The number of rotatable bonds is 5. The summed E-state index contributed by atoms with van der Waals surface area (Å²) >= 11 is 0. The average molecular weight is 385 g/mol. The number of hydrogen-bond acceptors (Lipinski definition) is 5. The second-order valence-corrected chi connectivity index (χ2v) is 6.79. The van der Waals surface area contributed by atoms with Crippen LogP contribution in [0.1, 0.15) is 5.56 Å². The topological polar surface area (TPSA) is 120 Å². The summed E-state index contributed by atoms with van der Waals surface area (Å²) < 4.78 is 34.4. The van der Waals surface area contributed by atoms with E-state index in [1.807, 2.05) is 6.07 Å². The van der Waals surface area contributed by atoms with Gasteiger partial charge in [0.15, 0.2) is 0 Å². The van der Waals surface area contributed by atoms with Gasteiger partial charge in [-0.2, -0.15) is 8.42 Å². The molecule has 0 atom stereocenters. The quantitative estimate of drug-likeness (QED) is 0.269. The van der Waals surface area contributed by atoms with Crippen LogP contribution in [0.15, 0.2) is 66.9 Å². The van der Waals surface area contributed by atoms with Crippen molar-refractivity contribution in [2.75, 3.05) is 4.31 Å². The summed E-state index contributed by atoms with van der Waals surface area (Å²) in [5.74, 6) is -0.694. The highest BCUT2D eigenvalue weighted by molar-refractivity contribution is 7.87. The second kappa shape index (κ2) is 7.54. The summed E-state index contributed by atoms with van der Waals surface area (Å²) in [6, 6.07) is 14.9. The molecule has 0 fully saturated rings. The minimum absolute atomic E-state index is 0.180. The van der Waals surface area contributed by atoms with Crippen molar-refractivity contribution in [2.45, 2.75) is 0 Å². The molecule has 0 saturated carbocycles. The van der Waals surface area contributed by atoms with Crippen LogP contribution in [0, 0.1) is 0 Å². The number of hydroxylamine groups is 1. The molecule has 3 N–H and O–H groups in total. The van der Waals surface area contributed by atoms with Gasteiger partial charge in [0.05, 0.1) is 23.1 Å². The zero-order valence-corrected chi connectivity index (χ0v) is 14.7. The van der Waals surface area contributed by atoms with E-state index in [-0.39, 0.29) is 11.4 Å². The van der Waals surface area contributed by atoms with Crippen molar-refractivity contribution in [1.29, 1.82) is 0 Å². The first-order valence-electron chi connectivity index (χ1n) is 7.73. The molecule has 1 heterocycles. The van der Waals surface area contributed by atoms with Gasteiger partial charge in [0, 0.05) is 11.5 Å². The minimum Gasteiger partial charge on any atom is -0.288 e. The zero-order chi connectivity index (χ0) is 19.4. The molecule has 0 saturated heterocycles. The molecule has 138 valence electrons. The number of hydrogen-bond donors (Lipinski definition) is 3. The molecule has 0 aliphatic carbocycles. The number of benzene rings is 2. The average Bonchev–Trinajstić information content (AvgIpc) is 2.66. The van der Waals surface area contributed by atoms with Crippen LogP contribution in [0.4, 0.5) is 11.4 Å². The van der Waals surface area contributed by atoms with Gasteiger partial charge in [-0.15, -0.1) is 0 Å². The third kappa shape index (κ3) is 4.29. The minimum atomic E-state index is -4.60. The van der Waals surface area contributed by atoms with Gasteiger partial charge in [0.2, 0.25) is 0 Å². The molecule has 9 heteroatoms. The molecule has 0 radical (unpaired) electrons. The number of fused-ring (bicyclic) bond motifs is 1. The summed E-state index contributed by atoms with van der Waals surface area (Å²) in [6.07, 6.45) is 3.91. The molecule has 1 amide bonds. The van der Waals surface area contributed by atoms with Gasteiger partial charge >= 0.3 is 10.3 Å². The predicted molar refractivity (Wildman–Crippen MR) is 101 cm³/mol. The Labute approximate surface area is 155 Å². The van der Waals surface area contributed by atoms with E-state index in [0.29, 0.717) is 11.1 Å². The van der Waals surface area contributed by atoms with Gasteiger partial charge in [-0.25, -0.2) is 9.79 Å². The van der Waals surface area contributed by atoms with Gasteiger partial charge in [0.1, 0.15) is 0 Å². The molecule has 1 aromatic heterocycles. The van der Waals surface area contributed by atoms with Crippen molar-refractivity contribution in [1.82, 2.24) is 10.5 Å². The fourth-order valence-electron chi connectivity index (χ4n) is 2.52. The van der Waals surface area contributed by atoms with Gasteiger partial charge < -0.3 is 0 Å². The van der Waals surface area contributed by atoms with E-state index in [2.05, 4.69) is 4.98 Å². The predicted octanol–water partition coefficient (Wildman–Crippen LogP) is 2.69. The first-order valence-corrected chi connectivity index (χ1v) is 9.13. The van der Waals surface area contributed by atoms with Gasteiger partial charge in [-0.1, -0.05) is 30.3 Å². The monoisotopic (exact) mass is 385 g/mol. The van der Waals surface area contributed by atoms with Crippen LogP contribution in [-0.4, -0.2) is 29.1 Å². The maximum atomic E-state index is 12.0. The van der Waals surface area contributed by atoms with Gasteiger partial charge in [0.25, 0.3) is 5.91 Å². The molecule has 8 nitrogen and oxygen atoms in total. The Balaban J connectivity index is 2.00. The van der Waals surface area contributed by atoms with Crippen LogP contribution in [0.25, 0.3) is 17.0 Å². The highest BCUT2D eigenvalue weighted by Crippen LogP contribution is 2.30. The lowest BCUT2D eigenvalue weighted by Crippen LogP contribution is -2.25. The van der Waals surface area contributed by atoms with Gasteiger partial charge in [-0.05, 0) is 35.9 Å². The lowest BCUT2D eigenvalue weighted by molar-refractivity contribution is -0.124. The number of nitrogens with zero attached hydrogens (tertiary/aromatic N) is 2. The summed E-state index contributed by atoms with van der Waals surface area (Å²) in [4.78, 5) is 15.2. The number of aromatic nitrogens is 1. The van der Waals surface area contributed by atoms with E-state index in [1.165, 1.54) is 29.9 Å². The van der Waals surface area contributed by atoms with E-state index in [1.54, 1.807) is 36.4 Å². The van der Waals surface area contributed by atoms with E-state index in [0.717, 1.165) is 15.8 Å². The zero-order valence-electron chi connectivity index (χ0n) is 13.9. The Morgan fingerprint density at radius 3 is 2.44 bits per heavy atom. The third-order valence-corrected chi connectivity index (χ3v) is 4.59. The fourth-order valence-corrected chi connectivity index (χ4v) is 3.27.